The molecule has 0 aromatic carbocycles. The molecular weight excluding hydrogens is 172 g/mol. The predicted molar refractivity (Wildman–Crippen MR) is 62.6 cm³/mol. The lowest BCUT2D eigenvalue weighted by atomic mass is 10.1. The topological polar surface area (TPSA) is 15.3 Å². The molecule has 0 amide bonds. The summed E-state index contributed by atoms with van der Waals surface area (Å²) in [5.41, 5.74) is 1.31. The minimum absolute atomic E-state index is 0.955. The Morgan fingerprint density at radius 3 is 2.29 bits per heavy atom. The molecule has 1 heterocycles. The Hall–Kier alpha value is -0.340. The lowest BCUT2D eigenvalue weighted by Crippen LogP contribution is -2.31. The molecule has 1 aliphatic rings. The maximum Gasteiger partial charge on any atom is 0.0202 e. The van der Waals surface area contributed by atoms with Crippen LogP contribution >= 0.6 is 0 Å². The second kappa shape index (κ2) is 7.02. The first-order valence-electron chi connectivity index (χ1n) is 5.86. The van der Waals surface area contributed by atoms with Gasteiger partial charge in [-0.05, 0) is 38.6 Å². The van der Waals surface area contributed by atoms with Gasteiger partial charge in [-0.2, -0.15) is 0 Å². The smallest absolute Gasteiger partial charge is 0.0202 e. The van der Waals surface area contributed by atoms with Crippen molar-refractivity contribution in [3.8, 4) is 0 Å². The number of likely N-dealkylation sites (N-methyl/N-ethyl adjacent to an activating group) is 1. The zero-order valence-electron chi connectivity index (χ0n) is 9.52. The highest BCUT2D eigenvalue weighted by atomic mass is 15.1. The van der Waals surface area contributed by atoms with Gasteiger partial charge < -0.3 is 5.32 Å². The number of rotatable bonds is 4. The van der Waals surface area contributed by atoms with Crippen molar-refractivity contribution in [2.75, 3.05) is 33.2 Å². The summed E-state index contributed by atoms with van der Waals surface area (Å²) in [6.07, 6.45) is 7.00. The summed E-state index contributed by atoms with van der Waals surface area (Å²) in [5, 5.41) is 3.16. The molecule has 0 aromatic heterocycles. The third-order valence-electron chi connectivity index (χ3n) is 2.82. The summed E-state index contributed by atoms with van der Waals surface area (Å²) >= 11 is 0. The van der Waals surface area contributed by atoms with Crippen LogP contribution in [0.4, 0.5) is 0 Å². The number of nitrogens with zero attached hydrogens (tertiary/aromatic N) is 1. The van der Waals surface area contributed by atoms with Gasteiger partial charge in [-0.25, -0.2) is 0 Å². The third kappa shape index (κ3) is 4.77. The SMILES string of the molecule is C=C(CNC)CN1CCCCCCC1. The van der Waals surface area contributed by atoms with E-state index in [0.29, 0.717) is 0 Å². The van der Waals surface area contributed by atoms with Crippen molar-refractivity contribution in [2.45, 2.75) is 32.1 Å². The van der Waals surface area contributed by atoms with E-state index in [0.717, 1.165) is 13.1 Å². The lowest BCUT2D eigenvalue weighted by molar-refractivity contribution is 0.265. The van der Waals surface area contributed by atoms with Crippen LogP contribution in [0.5, 0.6) is 0 Å². The van der Waals surface area contributed by atoms with E-state index in [4.69, 9.17) is 0 Å². The first kappa shape index (κ1) is 11.7. The Balaban J connectivity index is 2.22. The van der Waals surface area contributed by atoms with Crippen LogP contribution in [0.2, 0.25) is 0 Å². The maximum absolute atomic E-state index is 4.09. The van der Waals surface area contributed by atoms with Gasteiger partial charge in [0.15, 0.2) is 0 Å². The zero-order valence-corrected chi connectivity index (χ0v) is 9.52. The third-order valence-corrected chi connectivity index (χ3v) is 2.82. The molecule has 2 heteroatoms. The molecule has 0 atom stereocenters. The minimum atomic E-state index is 0.955. The summed E-state index contributed by atoms with van der Waals surface area (Å²) in [6.45, 7) is 8.66. The number of hydrogen-bond donors (Lipinski definition) is 1. The highest BCUT2D eigenvalue weighted by molar-refractivity contribution is 4.99. The van der Waals surface area contributed by atoms with Crippen molar-refractivity contribution in [3.63, 3.8) is 0 Å². The van der Waals surface area contributed by atoms with Gasteiger partial charge in [0.25, 0.3) is 0 Å². The summed E-state index contributed by atoms with van der Waals surface area (Å²) in [4.78, 5) is 2.55. The molecule has 0 radical (unpaired) electrons. The van der Waals surface area contributed by atoms with E-state index < -0.39 is 0 Å². The van der Waals surface area contributed by atoms with Crippen LogP contribution in [0, 0.1) is 0 Å². The van der Waals surface area contributed by atoms with E-state index in [1.807, 2.05) is 7.05 Å². The van der Waals surface area contributed by atoms with Crippen molar-refractivity contribution in [3.05, 3.63) is 12.2 Å². The molecule has 0 saturated carbocycles. The van der Waals surface area contributed by atoms with E-state index >= 15 is 0 Å². The molecule has 1 aliphatic heterocycles. The average molecular weight is 196 g/mol. The molecule has 0 bridgehead atoms. The van der Waals surface area contributed by atoms with Crippen molar-refractivity contribution < 1.29 is 0 Å². The molecule has 0 aromatic rings. The molecule has 1 fully saturated rings. The Morgan fingerprint density at radius 2 is 1.71 bits per heavy atom. The average Bonchev–Trinajstić information content (AvgIpc) is 2.10. The lowest BCUT2D eigenvalue weighted by Gasteiger charge is -2.25. The first-order chi connectivity index (χ1) is 6.83. The number of nitrogens with one attached hydrogen (secondary N) is 1. The Morgan fingerprint density at radius 1 is 1.14 bits per heavy atom. The van der Waals surface area contributed by atoms with Gasteiger partial charge in [-0.3, -0.25) is 4.90 Å². The monoisotopic (exact) mass is 196 g/mol. The van der Waals surface area contributed by atoms with Crippen LogP contribution < -0.4 is 5.32 Å². The van der Waals surface area contributed by atoms with Crippen LogP contribution in [0.3, 0.4) is 0 Å². The summed E-state index contributed by atoms with van der Waals surface area (Å²) < 4.78 is 0. The Labute approximate surface area is 88.4 Å². The summed E-state index contributed by atoms with van der Waals surface area (Å²) in [6, 6.07) is 0. The normalized spacial score (nSPS) is 20.1. The second-order valence-corrected chi connectivity index (χ2v) is 4.32. The van der Waals surface area contributed by atoms with Crippen LogP contribution in [-0.2, 0) is 0 Å². The molecule has 14 heavy (non-hydrogen) atoms. The van der Waals surface area contributed by atoms with Gasteiger partial charge in [-0.15, -0.1) is 0 Å². The molecule has 1 N–H and O–H groups in total. The second-order valence-electron chi connectivity index (χ2n) is 4.32. The van der Waals surface area contributed by atoms with Gasteiger partial charge in [0, 0.05) is 13.1 Å². The Kier molecular flexibility index (Phi) is 5.88. The zero-order chi connectivity index (χ0) is 10.2. The van der Waals surface area contributed by atoms with Crippen molar-refractivity contribution in [2.24, 2.45) is 0 Å². The highest BCUT2D eigenvalue weighted by Crippen LogP contribution is 2.11. The van der Waals surface area contributed by atoms with Gasteiger partial charge in [0.1, 0.15) is 0 Å². The number of likely N-dealkylation sites (tertiary alicyclic amines) is 1. The molecule has 1 rings (SSSR count). The van der Waals surface area contributed by atoms with E-state index in [2.05, 4.69) is 16.8 Å². The van der Waals surface area contributed by atoms with Crippen LogP contribution in [0.15, 0.2) is 12.2 Å². The van der Waals surface area contributed by atoms with Gasteiger partial charge in [0.2, 0.25) is 0 Å². The summed E-state index contributed by atoms with van der Waals surface area (Å²) in [5.74, 6) is 0. The largest absolute Gasteiger partial charge is 0.316 e. The maximum atomic E-state index is 4.09. The van der Waals surface area contributed by atoms with Crippen molar-refractivity contribution in [1.29, 1.82) is 0 Å². The predicted octanol–water partition coefficient (Wildman–Crippen LogP) is 2.03. The van der Waals surface area contributed by atoms with Crippen LogP contribution in [0.25, 0.3) is 0 Å². The van der Waals surface area contributed by atoms with E-state index in [9.17, 15) is 0 Å². The van der Waals surface area contributed by atoms with Gasteiger partial charge >= 0.3 is 0 Å². The van der Waals surface area contributed by atoms with Crippen molar-refractivity contribution >= 4 is 0 Å². The molecule has 0 unspecified atom stereocenters. The van der Waals surface area contributed by atoms with E-state index in [-0.39, 0.29) is 0 Å². The van der Waals surface area contributed by atoms with E-state index in [1.165, 1.54) is 50.8 Å². The standard InChI is InChI=1S/C12H24N2/c1-12(10-13-2)11-14-8-6-4-3-5-7-9-14/h13H,1,3-11H2,2H3. The van der Waals surface area contributed by atoms with Crippen LogP contribution in [-0.4, -0.2) is 38.1 Å². The summed E-state index contributed by atoms with van der Waals surface area (Å²) in [7, 11) is 1.98. The molecule has 1 saturated heterocycles. The van der Waals surface area contributed by atoms with Crippen LogP contribution in [0.1, 0.15) is 32.1 Å². The number of hydrogen-bond acceptors (Lipinski definition) is 2. The Bertz CT molecular complexity index is 158. The molecule has 0 aliphatic carbocycles. The highest BCUT2D eigenvalue weighted by Gasteiger charge is 2.08. The van der Waals surface area contributed by atoms with E-state index in [1.54, 1.807) is 0 Å². The molecule has 0 spiro atoms. The van der Waals surface area contributed by atoms with Gasteiger partial charge in [-0.1, -0.05) is 25.8 Å². The molecule has 82 valence electrons. The fourth-order valence-electron chi connectivity index (χ4n) is 2.09. The molecule has 2 nitrogen and oxygen atoms in total. The quantitative estimate of drug-likeness (QED) is 0.692. The van der Waals surface area contributed by atoms with Gasteiger partial charge in [0.05, 0.1) is 0 Å². The van der Waals surface area contributed by atoms with Crippen molar-refractivity contribution in [1.82, 2.24) is 10.2 Å². The fourth-order valence-corrected chi connectivity index (χ4v) is 2.09. The first-order valence-corrected chi connectivity index (χ1v) is 5.86. The molecular formula is C12H24N2. The fraction of sp³-hybridized carbons (Fsp3) is 0.833. The minimum Gasteiger partial charge on any atom is -0.316 e.